The van der Waals surface area contributed by atoms with Crippen molar-refractivity contribution in [3.8, 4) is 12.3 Å². The first kappa shape index (κ1) is 15.4. The summed E-state index contributed by atoms with van der Waals surface area (Å²) in [7, 11) is 0. The molecule has 2 N–H and O–H groups in total. The molecule has 1 aliphatic carbocycles. The molecule has 0 bridgehead atoms. The van der Waals surface area contributed by atoms with E-state index in [0.29, 0.717) is 19.5 Å². The first-order chi connectivity index (χ1) is 9.10. The number of urea groups is 1. The predicted molar refractivity (Wildman–Crippen MR) is 72.6 cm³/mol. The van der Waals surface area contributed by atoms with Crippen LogP contribution in [0.3, 0.4) is 0 Å². The molecule has 1 fully saturated rings. The lowest BCUT2D eigenvalue weighted by molar-refractivity contribution is -0.142. The van der Waals surface area contributed by atoms with Crippen LogP contribution in [0.4, 0.5) is 4.79 Å². The van der Waals surface area contributed by atoms with Crippen LogP contribution in [0.25, 0.3) is 0 Å². The van der Waals surface area contributed by atoms with E-state index in [1.54, 1.807) is 4.90 Å². The summed E-state index contributed by atoms with van der Waals surface area (Å²) in [6.45, 7) is 3.30. The van der Waals surface area contributed by atoms with Gasteiger partial charge >= 0.3 is 12.0 Å². The molecule has 5 nitrogen and oxygen atoms in total. The van der Waals surface area contributed by atoms with Gasteiger partial charge in [-0.2, -0.15) is 0 Å². The molecule has 0 aliphatic heterocycles. The highest BCUT2D eigenvalue weighted by Crippen LogP contribution is 2.31. The van der Waals surface area contributed by atoms with E-state index < -0.39 is 5.97 Å². The van der Waals surface area contributed by atoms with E-state index in [2.05, 4.69) is 11.2 Å². The SMILES string of the molecule is C#CCN(CCC)C(=O)NCC1CCCC1C(=O)O. The fourth-order valence-corrected chi connectivity index (χ4v) is 2.57. The Morgan fingerprint density at radius 3 is 2.79 bits per heavy atom. The van der Waals surface area contributed by atoms with Gasteiger partial charge in [0, 0.05) is 13.1 Å². The van der Waals surface area contributed by atoms with Gasteiger partial charge in [-0.05, 0) is 25.2 Å². The van der Waals surface area contributed by atoms with E-state index in [9.17, 15) is 9.59 Å². The first-order valence-corrected chi connectivity index (χ1v) is 6.79. The Morgan fingerprint density at radius 2 is 2.21 bits per heavy atom. The molecule has 0 heterocycles. The van der Waals surface area contributed by atoms with Crippen molar-refractivity contribution in [2.45, 2.75) is 32.6 Å². The average Bonchev–Trinajstić information content (AvgIpc) is 2.84. The Kier molecular flexibility index (Phi) is 6.20. The van der Waals surface area contributed by atoms with Crippen molar-refractivity contribution in [2.75, 3.05) is 19.6 Å². The zero-order chi connectivity index (χ0) is 14.3. The third-order valence-electron chi connectivity index (χ3n) is 3.55. The van der Waals surface area contributed by atoms with Gasteiger partial charge in [0.05, 0.1) is 12.5 Å². The van der Waals surface area contributed by atoms with Crippen molar-refractivity contribution in [2.24, 2.45) is 11.8 Å². The van der Waals surface area contributed by atoms with Gasteiger partial charge < -0.3 is 15.3 Å². The number of amides is 2. The van der Waals surface area contributed by atoms with E-state index in [1.807, 2.05) is 6.92 Å². The van der Waals surface area contributed by atoms with Gasteiger partial charge in [-0.1, -0.05) is 19.3 Å². The number of carbonyl (C=O) groups excluding carboxylic acids is 1. The van der Waals surface area contributed by atoms with Crippen LogP contribution >= 0.6 is 0 Å². The Labute approximate surface area is 114 Å². The molecule has 0 aromatic carbocycles. The summed E-state index contributed by atoms with van der Waals surface area (Å²) in [6, 6.07) is -0.198. The van der Waals surface area contributed by atoms with E-state index in [4.69, 9.17) is 11.5 Å². The standard InChI is InChI=1S/C14H22N2O3/c1-3-8-16(9-4-2)14(19)15-10-11-6-5-7-12(11)13(17)18/h1,11-12H,4-10H2,2H3,(H,15,19)(H,17,18). The maximum Gasteiger partial charge on any atom is 0.318 e. The van der Waals surface area contributed by atoms with Crippen molar-refractivity contribution in [1.82, 2.24) is 10.2 Å². The van der Waals surface area contributed by atoms with Gasteiger partial charge in [-0.15, -0.1) is 6.42 Å². The maximum atomic E-state index is 11.9. The minimum atomic E-state index is -0.759. The lowest BCUT2D eigenvalue weighted by atomic mass is 9.96. The number of hydrogen-bond donors (Lipinski definition) is 2. The lowest BCUT2D eigenvalue weighted by Crippen LogP contribution is -2.43. The fourth-order valence-electron chi connectivity index (χ4n) is 2.57. The Balaban J connectivity index is 2.44. The van der Waals surface area contributed by atoms with Crippen LogP contribution in [-0.4, -0.2) is 41.6 Å². The van der Waals surface area contributed by atoms with E-state index in [-0.39, 0.29) is 24.4 Å². The van der Waals surface area contributed by atoms with Crippen molar-refractivity contribution >= 4 is 12.0 Å². The summed E-state index contributed by atoms with van der Waals surface area (Å²) >= 11 is 0. The molecule has 0 saturated heterocycles. The topological polar surface area (TPSA) is 69.6 Å². The number of nitrogens with zero attached hydrogens (tertiary/aromatic N) is 1. The number of aliphatic carboxylic acids is 1. The van der Waals surface area contributed by atoms with Gasteiger partial charge in [-0.25, -0.2) is 4.79 Å². The lowest BCUT2D eigenvalue weighted by Gasteiger charge is -2.22. The zero-order valence-electron chi connectivity index (χ0n) is 11.4. The highest BCUT2D eigenvalue weighted by Gasteiger charge is 2.33. The molecular weight excluding hydrogens is 244 g/mol. The van der Waals surface area contributed by atoms with Crippen LogP contribution in [0.2, 0.25) is 0 Å². The Bertz CT molecular complexity index is 362. The van der Waals surface area contributed by atoms with Crippen LogP contribution in [0, 0.1) is 24.2 Å². The number of carboxylic acids is 1. The monoisotopic (exact) mass is 266 g/mol. The molecule has 0 spiro atoms. The highest BCUT2D eigenvalue weighted by molar-refractivity contribution is 5.75. The van der Waals surface area contributed by atoms with Crippen LogP contribution in [0.15, 0.2) is 0 Å². The van der Waals surface area contributed by atoms with Crippen LogP contribution in [0.5, 0.6) is 0 Å². The Hall–Kier alpha value is -1.70. The number of carboxylic acid groups (broad SMARTS) is 1. The van der Waals surface area contributed by atoms with Gasteiger partial charge in [0.2, 0.25) is 0 Å². The molecule has 2 unspecified atom stereocenters. The molecule has 1 aliphatic rings. The van der Waals surface area contributed by atoms with Crippen LogP contribution < -0.4 is 5.32 Å². The fraction of sp³-hybridized carbons (Fsp3) is 0.714. The molecule has 19 heavy (non-hydrogen) atoms. The largest absolute Gasteiger partial charge is 0.481 e. The quantitative estimate of drug-likeness (QED) is 0.716. The van der Waals surface area contributed by atoms with Crippen LogP contribution in [0.1, 0.15) is 32.6 Å². The summed E-state index contributed by atoms with van der Waals surface area (Å²) in [5.74, 6) is 1.41. The molecule has 2 amide bonds. The molecule has 5 heteroatoms. The van der Waals surface area contributed by atoms with E-state index in [0.717, 1.165) is 19.3 Å². The summed E-state index contributed by atoms with van der Waals surface area (Å²) in [5.41, 5.74) is 0. The second kappa shape index (κ2) is 7.67. The van der Waals surface area contributed by atoms with Crippen molar-refractivity contribution in [3.05, 3.63) is 0 Å². The number of hydrogen-bond acceptors (Lipinski definition) is 2. The first-order valence-electron chi connectivity index (χ1n) is 6.79. The molecular formula is C14H22N2O3. The maximum absolute atomic E-state index is 11.9. The summed E-state index contributed by atoms with van der Waals surface area (Å²) < 4.78 is 0. The highest BCUT2D eigenvalue weighted by atomic mass is 16.4. The molecule has 1 saturated carbocycles. The summed E-state index contributed by atoms with van der Waals surface area (Å²) in [4.78, 5) is 24.5. The zero-order valence-corrected chi connectivity index (χ0v) is 11.4. The van der Waals surface area contributed by atoms with Crippen molar-refractivity contribution in [3.63, 3.8) is 0 Å². The molecule has 2 atom stereocenters. The summed E-state index contributed by atoms with van der Waals surface area (Å²) in [5, 5.41) is 11.9. The molecule has 106 valence electrons. The minimum absolute atomic E-state index is 0.0377. The number of terminal acetylenes is 1. The second-order valence-electron chi connectivity index (χ2n) is 4.95. The normalized spacial score (nSPS) is 21.7. The minimum Gasteiger partial charge on any atom is -0.481 e. The third kappa shape index (κ3) is 4.47. The molecule has 1 rings (SSSR count). The second-order valence-corrected chi connectivity index (χ2v) is 4.95. The van der Waals surface area contributed by atoms with Crippen molar-refractivity contribution in [1.29, 1.82) is 0 Å². The van der Waals surface area contributed by atoms with Gasteiger partial charge in [0.15, 0.2) is 0 Å². The molecule has 0 aromatic heterocycles. The summed E-state index contributed by atoms with van der Waals surface area (Å²) in [6.07, 6.45) is 8.56. The molecule has 0 aromatic rings. The third-order valence-corrected chi connectivity index (χ3v) is 3.55. The van der Waals surface area contributed by atoms with Crippen LogP contribution in [-0.2, 0) is 4.79 Å². The Morgan fingerprint density at radius 1 is 1.47 bits per heavy atom. The van der Waals surface area contributed by atoms with E-state index >= 15 is 0 Å². The van der Waals surface area contributed by atoms with Gasteiger partial charge in [0.25, 0.3) is 0 Å². The van der Waals surface area contributed by atoms with Crippen molar-refractivity contribution < 1.29 is 14.7 Å². The number of rotatable bonds is 6. The van der Waals surface area contributed by atoms with Gasteiger partial charge in [-0.3, -0.25) is 4.79 Å². The molecule has 0 radical (unpaired) electrons. The predicted octanol–water partition coefficient (Wildman–Crippen LogP) is 1.54. The average molecular weight is 266 g/mol. The smallest absolute Gasteiger partial charge is 0.318 e. The van der Waals surface area contributed by atoms with Gasteiger partial charge in [0.1, 0.15) is 0 Å². The van der Waals surface area contributed by atoms with E-state index in [1.165, 1.54) is 0 Å². The number of carbonyl (C=O) groups is 2. The number of nitrogens with one attached hydrogen (secondary N) is 1.